The van der Waals surface area contributed by atoms with Gasteiger partial charge in [0.2, 0.25) is 5.91 Å². The predicted molar refractivity (Wildman–Crippen MR) is 99.7 cm³/mol. The van der Waals surface area contributed by atoms with Crippen molar-refractivity contribution < 1.29 is 9.78 Å². The molecule has 8 nitrogen and oxygen atoms in total. The van der Waals surface area contributed by atoms with Crippen molar-refractivity contribution in [3.63, 3.8) is 0 Å². The van der Waals surface area contributed by atoms with Gasteiger partial charge in [-0.05, 0) is 15.9 Å². The number of aromatic amines is 2. The van der Waals surface area contributed by atoms with Crippen LogP contribution in [-0.2, 0) is 4.79 Å². The summed E-state index contributed by atoms with van der Waals surface area (Å²) in [5.41, 5.74) is 2.94. The van der Waals surface area contributed by atoms with E-state index in [1.165, 1.54) is 11.3 Å². The molecule has 0 saturated carbocycles. The summed E-state index contributed by atoms with van der Waals surface area (Å²) < 4.78 is 0.964. The quantitative estimate of drug-likeness (QED) is 0.661. The van der Waals surface area contributed by atoms with E-state index in [-0.39, 0.29) is 5.91 Å². The maximum Gasteiger partial charge on any atom is 0.301 e. The Labute approximate surface area is 156 Å². The summed E-state index contributed by atoms with van der Waals surface area (Å²) in [5.74, 6) is -0.0187. The van der Waals surface area contributed by atoms with E-state index >= 15 is 0 Å². The Hall–Kier alpha value is -2.04. The van der Waals surface area contributed by atoms with Crippen LogP contribution in [0.3, 0.4) is 0 Å². The van der Waals surface area contributed by atoms with Gasteiger partial charge in [0.15, 0.2) is 17.0 Å². The van der Waals surface area contributed by atoms with Crippen molar-refractivity contribution in [2.75, 3.05) is 42.9 Å². The predicted octanol–water partition coefficient (Wildman–Crippen LogP) is 1.36. The van der Waals surface area contributed by atoms with Crippen molar-refractivity contribution in [2.24, 2.45) is 0 Å². The highest BCUT2D eigenvalue weighted by Crippen LogP contribution is 2.31. The molecule has 4 heterocycles. The zero-order valence-electron chi connectivity index (χ0n) is 13.3. The van der Waals surface area contributed by atoms with Crippen molar-refractivity contribution in [1.82, 2.24) is 19.9 Å². The molecule has 0 radical (unpaired) electrons. The summed E-state index contributed by atoms with van der Waals surface area (Å²) in [6.07, 6.45) is 5.28. The van der Waals surface area contributed by atoms with Crippen LogP contribution < -0.4 is 15.2 Å². The van der Waals surface area contributed by atoms with Crippen molar-refractivity contribution >= 4 is 55.2 Å². The molecule has 0 aromatic carbocycles. The van der Waals surface area contributed by atoms with Gasteiger partial charge in [-0.25, -0.2) is 9.97 Å². The Kier molecular flexibility index (Phi) is 4.64. The van der Waals surface area contributed by atoms with Gasteiger partial charge < -0.3 is 10.2 Å². The van der Waals surface area contributed by atoms with Crippen LogP contribution in [0.4, 0.5) is 10.8 Å². The average Bonchev–Trinajstić information content (AvgIpc) is 3.27. The SMILES string of the molecule is O=C(CN1CCN(c2c(Br)cnc3[nH+]c[nH]c23)CC1)Nc1nccs1. The highest BCUT2D eigenvalue weighted by molar-refractivity contribution is 9.10. The van der Waals surface area contributed by atoms with Crippen molar-refractivity contribution in [1.29, 1.82) is 0 Å². The molecule has 4 rings (SSSR count). The largest absolute Gasteiger partial charge is 0.365 e. The van der Waals surface area contributed by atoms with Gasteiger partial charge in [-0.15, -0.1) is 16.3 Å². The van der Waals surface area contributed by atoms with Crippen LogP contribution in [0, 0.1) is 0 Å². The Morgan fingerprint density at radius 2 is 2.20 bits per heavy atom. The van der Waals surface area contributed by atoms with Crippen LogP contribution in [0.1, 0.15) is 0 Å². The molecule has 1 amide bonds. The number of rotatable bonds is 4. The van der Waals surface area contributed by atoms with Crippen LogP contribution in [0.15, 0.2) is 28.6 Å². The summed E-state index contributed by atoms with van der Waals surface area (Å²) in [6.45, 7) is 3.73. The molecule has 1 aliphatic rings. The second kappa shape index (κ2) is 7.06. The number of anilines is 2. The number of amides is 1. The smallest absolute Gasteiger partial charge is 0.301 e. The molecular formula is C15H17BrN7OS+. The molecule has 25 heavy (non-hydrogen) atoms. The fourth-order valence-electron chi connectivity index (χ4n) is 2.99. The molecule has 0 aliphatic carbocycles. The van der Waals surface area contributed by atoms with Crippen molar-refractivity contribution in [3.8, 4) is 0 Å². The highest BCUT2D eigenvalue weighted by Gasteiger charge is 2.25. The second-order valence-electron chi connectivity index (χ2n) is 5.76. The number of H-pyrrole nitrogens is 2. The van der Waals surface area contributed by atoms with E-state index in [1.54, 1.807) is 12.5 Å². The van der Waals surface area contributed by atoms with Gasteiger partial charge in [0.05, 0.1) is 11.0 Å². The van der Waals surface area contributed by atoms with E-state index < -0.39 is 0 Å². The van der Waals surface area contributed by atoms with E-state index in [0.717, 1.165) is 47.5 Å². The Morgan fingerprint density at radius 3 is 2.96 bits per heavy atom. The number of nitrogens with zero attached hydrogens (tertiary/aromatic N) is 4. The average molecular weight is 423 g/mol. The third-order valence-electron chi connectivity index (χ3n) is 4.17. The van der Waals surface area contributed by atoms with E-state index in [4.69, 9.17) is 0 Å². The number of piperazine rings is 1. The first kappa shape index (κ1) is 16.4. The number of hydrogen-bond acceptors (Lipinski definition) is 6. The minimum absolute atomic E-state index is 0.0187. The standard InChI is InChI=1S/C15H16BrN7OS/c16-10-7-18-14-12(19-9-20-14)13(10)23-4-2-22(3-5-23)8-11(24)21-15-17-1-6-25-15/h1,6-7,9H,2-5,8H2,(H,17,21,24)(H,18,19,20)/p+1. The third-order valence-corrected chi connectivity index (χ3v) is 5.44. The molecule has 0 bridgehead atoms. The number of pyridine rings is 1. The van der Waals surface area contributed by atoms with Gasteiger partial charge in [-0.3, -0.25) is 14.7 Å². The topological polar surface area (TPSA) is 91.3 Å². The van der Waals surface area contributed by atoms with Crippen molar-refractivity contribution in [3.05, 3.63) is 28.6 Å². The summed E-state index contributed by atoms with van der Waals surface area (Å²) >= 11 is 5.03. The zero-order valence-corrected chi connectivity index (χ0v) is 15.7. The molecule has 0 spiro atoms. The van der Waals surface area contributed by atoms with E-state index in [2.05, 4.69) is 51.0 Å². The number of carbonyl (C=O) groups is 1. The Balaban J connectivity index is 1.39. The lowest BCUT2D eigenvalue weighted by atomic mass is 10.2. The first-order valence-corrected chi connectivity index (χ1v) is 9.58. The molecule has 3 N–H and O–H groups in total. The van der Waals surface area contributed by atoms with Gasteiger partial charge in [-0.2, -0.15) is 0 Å². The summed E-state index contributed by atoms with van der Waals surface area (Å²) in [5, 5.41) is 5.33. The lowest BCUT2D eigenvalue weighted by Crippen LogP contribution is -2.48. The molecule has 3 aromatic rings. The number of aromatic nitrogens is 4. The van der Waals surface area contributed by atoms with Gasteiger partial charge in [0.1, 0.15) is 11.9 Å². The first-order chi connectivity index (χ1) is 12.2. The minimum Gasteiger partial charge on any atom is -0.365 e. The number of imidazole rings is 1. The number of thiazole rings is 1. The summed E-state index contributed by atoms with van der Waals surface area (Å²) in [7, 11) is 0. The highest BCUT2D eigenvalue weighted by atomic mass is 79.9. The molecule has 3 aromatic heterocycles. The Morgan fingerprint density at radius 1 is 1.36 bits per heavy atom. The van der Waals surface area contributed by atoms with Crippen LogP contribution in [0.2, 0.25) is 0 Å². The van der Waals surface area contributed by atoms with Crippen molar-refractivity contribution in [2.45, 2.75) is 0 Å². The lowest BCUT2D eigenvalue weighted by Gasteiger charge is -2.35. The first-order valence-electron chi connectivity index (χ1n) is 7.90. The molecule has 1 fully saturated rings. The molecule has 0 atom stereocenters. The van der Waals surface area contributed by atoms with Gasteiger partial charge >= 0.3 is 5.65 Å². The van der Waals surface area contributed by atoms with Gasteiger partial charge in [0, 0.05) is 37.8 Å². The molecule has 1 saturated heterocycles. The van der Waals surface area contributed by atoms with Crippen LogP contribution in [0.5, 0.6) is 0 Å². The monoisotopic (exact) mass is 422 g/mol. The number of fused-ring (bicyclic) bond motifs is 1. The summed E-state index contributed by atoms with van der Waals surface area (Å²) in [6, 6.07) is 0. The van der Waals surface area contributed by atoms with Crippen LogP contribution in [0.25, 0.3) is 11.2 Å². The number of halogens is 1. The normalized spacial score (nSPS) is 15.6. The van der Waals surface area contributed by atoms with E-state index in [0.29, 0.717) is 11.7 Å². The van der Waals surface area contributed by atoms with Crippen LogP contribution in [-0.4, -0.2) is 58.5 Å². The third kappa shape index (κ3) is 3.51. The second-order valence-corrected chi connectivity index (χ2v) is 7.51. The number of carbonyl (C=O) groups excluding carboxylic acids is 1. The lowest BCUT2D eigenvalue weighted by molar-refractivity contribution is -0.347. The van der Waals surface area contributed by atoms with E-state index in [1.807, 2.05) is 11.6 Å². The maximum absolute atomic E-state index is 12.1. The fourth-order valence-corrected chi connectivity index (χ4v) is 4.08. The fraction of sp³-hybridized carbons (Fsp3) is 0.333. The number of hydrogen-bond donors (Lipinski definition) is 2. The molecule has 1 aliphatic heterocycles. The van der Waals surface area contributed by atoms with Gasteiger partial charge in [-0.1, -0.05) is 0 Å². The molecule has 130 valence electrons. The summed E-state index contributed by atoms with van der Waals surface area (Å²) in [4.78, 5) is 31.3. The molecule has 0 unspecified atom stereocenters. The Bertz CT molecular complexity index is 873. The van der Waals surface area contributed by atoms with Crippen LogP contribution >= 0.6 is 27.3 Å². The number of nitrogens with one attached hydrogen (secondary N) is 3. The molecule has 10 heteroatoms. The minimum atomic E-state index is -0.0187. The zero-order chi connectivity index (χ0) is 17.2. The van der Waals surface area contributed by atoms with E-state index in [9.17, 15) is 4.79 Å². The molecular weight excluding hydrogens is 406 g/mol. The van der Waals surface area contributed by atoms with Gasteiger partial charge in [0.25, 0.3) is 0 Å². The maximum atomic E-state index is 12.1.